The van der Waals surface area contributed by atoms with Crippen LogP contribution in [-0.2, 0) is 14.8 Å². The van der Waals surface area contributed by atoms with Gasteiger partial charge in [0.05, 0.1) is 18.4 Å². The molecule has 1 aromatic carbocycles. The number of nitrogens with two attached hydrogens (primary N) is 1. The average molecular weight is 313 g/mol. The molecule has 1 aliphatic heterocycles. The zero-order valence-corrected chi connectivity index (χ0v) is 13.5. The van der Waals surface area contributed by atoms with E-state index in [0.717, 1.165) is 0 Å². The molecule has 118 valence electrons. The summed E-state index contributed by atoms with van der Waals surface area (Å²) in [7, 11) is -0.406. The summed E-state index contributed by atoms with van der Waals surface area (Å²) in [5.74, 6) is 0. The van der Waals surface area contributed by atoms with Crippen LogP contribution in [0.25, 0.3) is 0 Å². The molecule has 0 amide bonds. The minimum atomic E-state index is -3.48. The van der Waals surface area contributed by atoms with Crippen LogP contribution in [0.5, 0.6) is 0 Å². The van der Waals surface area contributed by atoms with E-state index in [4.69, 9.17) is 10.5 Å². The maximum atomic E-state index is 12.5. The first-order valence-corrected chi connectivity index (χ1v) is 8.41. The molecule has 1 fully saturated rings. The van der Waals surface area contributed by atoms with Gasteiger partial charge in [-0.1, -0.05) is 12.1 Å². The van der Waals surface area contributed by atoms with E-state index in [1.54, 1.807) is 12.1 Å². The molecule has 2 N–H and O–H groups in total. The minimum Gasteiger partial charge on any atom is -0.373 e. The standard InChI is InChI=1S/C14H23N3O3S/c1-11-10-20-12(8-15)9-17(11)13-6-4-5-7-14(13)21(18,19)16(2)3/h4-7,11-12H,8-10,15H2,1-3H3. The third-order valence-corrected chi connectivity index (χ3v) is 5.56. The highest BCUT2D eigenvalue weighted by atomic mass is 32.2. The van der Waals surface area contributed by atoms with E-state index in [-0.39, 0.29) is 12.1 Å². The van der Waals surface area contributed by atoms with Gasteiger partial charge in [0.15, 0.2) is 0 Å². The Hall–Kier alpha value is -1.15. The first kappa shape index (κ1) is 16.2. The maximum Gasteiger partial charge on any atom is 0.244 e. The molecule has 0 saturated carbocycles. The van der Waals surface area contributed by atoms with Gasteiger partial charge in [-0.25, -0.2) is 12.7 Å². The summed E-state index contributed by atoms with van der Waals surface area (Å²) in [5, 5.41) is 0. The Bertz CT molecular complexity index is 589. The van der Waals surface area contributed by atoms with Gasteiger partial charge in [-0.3, -0.25) is 0 Å². The van der Waals surface area contributed by atoms with E-state index in [0.29, 0.717) is 30.3 Å². The lowest BCUT2D eigenvalue weighted by Gasteiger charge is -2.40. The molecule has 6 nitrogen and oxygen atoms in total. The Labute approximate surface area is 126 Å². The van der Waals surface area contributed by atoms with E-state index in [9.17, 15) is 8.42 Å². The highest BCUT2D eigenvalue weighted by Gasteiger charge is 2.30. The van der Waals surface area contributed by atoms with Crippen molar-refractivity contribution in [1.82, 2.24) is 4.31 Å². The lowest BCUT2D eigenvalue weighted by molar-refractivity contribution is 0.0281. The second-order valence-corrected chi connectivity index (χ2v) is 7.57. The van der Waals surface area contributed by atoms with Crippen molar-refractivity contribution in [2.75, 3.05) is 38.7 Å². The molecule has 2 atom stereocenters. The molecule has 2 unspecified atom stereocenters. The van der Waals surface area contributed by atoms with Crippen LogP contribution < -0.4 is 10.6 Å². The first-order chi connectivity index (χ1) is 9.87. The Morgan fingerprint density at radius 3 is 2.67 bits per heavy atom. The number of nitrogens with zero attached hydrogens (tertiary/aromatic N) is 2. The van der Waals surface area contributed by atoms with E-state index in [1.807, 2.05) is 19.1 Å². The van der Waals surface area contributed by atoms with Crippen molar-refractivity contribution in [2.45, 2.75) is 24.0 Å². The van der Waals surface area contributed by atoms with Gasteiger partial charge in [0.2, 0.25) is 10.0 Å². The van der Waals surface area contributed by atoms with Crippen molar-refractivity contribution in [3.8, 4) is 0 Å². The molecule has 0 radical (unpaired) electrons. The number of hydrogen-bond acceptors (Lipinski definition) is 5. The van der Waals surface area contributed by atoms with Crippen molar-refractivity contribution in [1.29, 1.82) is 0 Å². The lowest BCUT2D eigenvalue weighted by atomic mass is 10.1. The van der Waals surface area contributed by atoms with Crippen molar-refractivity contribution in [2.24, 2.45) is 5.73 Å². The molecular formula is C14H23N3O3S. The van der Waals surface area contributed by atoms with Crippen LogP contribution in [0.4, 0.5) is 5.69 Å². The zero-order chi connectivity index (χ0) is 15.6. The molecule has 0 bridgehead atoms. The minimum absolute atomic E-state index is 0.0729. The second kappa shape index (κ2) is 6.31. The number of hydrogen-bond donors (Lipinski definition) is 1. The first-order valence-electron chi connectivity index (χ1n) is 6.97. The van der Waals surface area contributed by atoms with Crippen LogP contribution >= 0.6 is 0 Å². The molecule has 1 aliphatic rings. The SMILES string of the molecule is CC1COC(CN)CN1c1ccccc1S(=O)(=O)N(C)C. The van der Waals surface area contributed by atoms with Crippen molar-refractivity contribution in [3.05, 3.63) is 24.3 Å². The van der Waals surface area contributed by atoms with Gasteiger partial charge in [0, 0.05) is 33.2 Å². The van der Waals surface area contributed by atoms with Gasteiger partial charge in [-0.15, -0.1) is 0 Å². The number of sulfonamides is 1. The molecule has 0 aliphatic carbocycles. The number of anilines is 1. The topological polar surface area (TPSA) is 75.9 Å². The van der Waals surface area contributed by atoms with Gasteiger partial charge in [-0.2, -0.15) is 0 Å². The Morgan fingerprint density at radius 2 is 2.05 bits per heavy atom. The van der Waals surface area contributed by atoms with E-state index < -0.39 is 10.0 Å². The molecule has 0 spiro atoms. The normalized spacial score (nSPS) is 23.6. The highest BCUT2D eigenvalue weighted by Crippen LogP contribution is 2.30. The van der Waals surface area contributed by atoms with Crippen LogP contribution in [0, 0.1) is 0 Å². The third-order valence-electron chi connectivity index (χ3n) is 3.70. The Morgan fingerprint density at radius 1 is 1.38 bits per heavy atom. The number of benzene rings is 1. The van der Waals surface area contributed by atoms with Crippen molar-refractivity contribution < 1.29 is 13.2 Å². The molecule has 1 aromatic rings. The van der Waals surface area contributed by atoms with Gasteiger partial charge in [0.1, 0.15) is 4.90 Å². The van der Waals surface area contributed by atoms with Crippen LogP contribution in [0.3, 0.4) is 0 Å². The number of para-hydroxylation sites is 1. The van der Waals surface area contributed by atoms with Crippen LogP contribution in [0.2, 0.25) is 0 Å². The lowest BCUT2D eigenvalue weighted by Crippen LogP contribution is -2.51. The van der Waals surface area contributed by atoms with Gasteiger partial charge in [-0.05, 0) is 19.1 Å². The average Bonchev–Trinajstić information content (AvgIpc) is 2.47. The monoisotopic (exact) mass is 313 g/mol. The molecule has 2 rings (SSSR count). The summed E-state index contributed by atoms with van der Waals surface area (Å²) < 4.78 is 31.9. The Kier molecular flexibility index (Phi) is 4.88. The molecule has 1 saturated heterocycles. The quantitative estimate of drug-likeness (QED) is 0.875. The van der Waals surface area contributed by atoms with Gasteiger partial charge < -0.3 is 15.4 Å². The summed E-state index contributed by atoms with van der Waals surface area (Å²) in [6.07, 6.45) is -0.0729. The van der Waals surface area contributed by atoms with E-state index in [1.165, 1.54) is 18.4 Å². The molecule has 0 aromatic heterocycles. The molecule has 21 heavy (non-hydrogen) atoms. The van der Waals surface area contributed by atoms with Crippen LogP contribution in [0.1, 0.15) is 6.92 Å². The number of ether oxygens (including phenoxy) is 1. The summed E-state index contributed by atoms with van der Waals surface area (Å²) >= 11 is 0. The summed E-state index contributed by atoms with van der Waals surface area (Å²) in [6.45, 7) is 3.58. The summed E-state index contributed by atoms with van der Waals surface area (Å²) in [6, 6.07) is 7.18. The number of morpholine rings is 1. The zero-order valence-electron chi connectivity index (χ0n) is 12.7. The van der Waals surface area contributed by atoms with Crippen LogP contribution in [-0.4, -0.2) is 58.7 Å². The predicted molar refractivity (Wildman–Crippen MR) is 82.9 cm³/mol. The van der Waals surface area contributed by atoms with E-state index >= 15 is 0 Å². The Balaban J connectivity index is 2.44. The fourth-order valence-corrected chi connectivity index (χ4v) is 3.50. The van der Waals surface area contributed by atoms with Gasteiger partial charge >= 0.3 is 0 Å². The predicted octanol–water partition coefficient (Wildman–Crippen LogP) is 0.489. The van der Waals surface area contributed by atoms with Crippen molar-refractivity contribution >= 4 is 15.7 Å². The molecular weight excluding hydrogens is 290 g/mol. The maximum absolute atomic E-state index is 12.5. The largest absolute Gasteiger partial charge is 0.373 e. The van der Waals surface area contributed by atoms with Crippen LogP contribution in [0.15, 0.2) is 29.2 Å². The highest BCUT2D eigenvalue weighted by molar-refractivity contribution is 7.89. The van der Waals surface area contributed by atoms with E-state index in [2.05, 4.69) is 4.90 Å². The summed E-state index contributed by atoms with van der Waals surface area (Å²) in [5.41, 5.74) is 6.39. The second-order valence-electron chi connectivity index (χ2n) is 5.45. The fourth-order valence-electron chi connectivity index (χ4n) is 2.40. The van der Waals surface area contributed by atoms with Crippen molar-refractivity contribution in [3.63, 3.8) is 0 Å². The molecule has 7 heteroatoms. The number of rotatable bonds is 4. The summed E-state index contributed by atoms with van der Waals surface area (Å²) in [4.78, 5) is 2.39. The smallest absolute Gasteiger partial charge is 0.244 e. The third kappa shape index (κ3) is 3.21. The van der Waals surface area contributed by atoms with Gasteiger partial charge in [0.25, 0.3) is 0 Å². The fraction of sp³-hybridized carbons (Fsp3) is 0.571. The molecule has 1 heterocycles.